The third-order valence-electron chi connectivity index (χ3n) is 5.08. The van der Waals surface area contributed by atoms with Crippen LogP contribution in [0.25, 0.3) is 33.5 Å². The SMILES string of the molecule is CC(c1cc2cccnc2cc1F)n1cnc2ncc(-c3ccc(N)cc3)nc21. The summed E-state index contributed by atoms with van der Waals surface area (Å²) >= 11 is 0. The number of fused-ring (bicyclic) bond motifs is 2. The average Bonchev–Trinajstić information content (AvgIpc) is 3.16. The van der Waals surface area contributed by atoms with Gasteiger partial charge in [0, 0.05) is 34.5 Å². The lowest BCUT2D eigenvalue weighted by Gasteiger charge is -2.16. The Hall–Kier alpha value is -3.87. The quantitative estimate of drug-likeness (QED) is 0.467. The molecule has 0 aliphatic carbocycles. The lowest BCUT2D eigenvalue weighted by molar-refractivity contribution is 0.564. The van der Waals surface area contributed by atoms with Crippen LogP contribution in [0.2, 0.25) is 0 Å². The second-order valence-corrected chi connectivity index (χ2v) is 6.92. The van der Waals surface area contributed by atoms with Crippen molar-refractivity contribution in [3.63, 3.8) is 0 Å². The summed E-state index contributed by atoms with van der Waals surface area (Å²) in [6.07, 6.45) is 4.98. The number of benzene rings is 2. The first-order chi connectivity index (χ1) is 14.1. The average molecular weight is 384 g/mol. The first-order valence-corrected chi connectivity index (χ1v) is 9.20. The number of halogens is 1. The molecule has 0 radical (unpaired) electrons. The van der Waals surface area contributed by atoms with E-state index in [1.807, 2.05) is 54.0 Å². The zero-order valence-electron chi connectivity index (χ0n) is 15.6. The van der Waals surface area contributed by atoms with Gasteiger partial charge in [0.2, 0.25) is 0 Å². The maximum Gasteiger partial charge on any atom is 0.197 e. The van der Waals surface area contributed by atoms with Gasteiger partial charge in [0.1, 0.15) is 5.82 Å². The van der Waals surface area contributed by atoms with Crippen LogP contribution >= 0.6 is 0 Å². The van der Waals surface area contributed by atoms with Gasteiger partial charge in [0.25, 0.3) is 0 Å². The standard InChI is InChI=1S/C22H17FN6/c1-13(17-9-15-3-2-8-25-19(15)10-18(17)23)29-12-27-21-22(29)28-20(11-26-21)14-4-6-16(24)7-5-14/h2-13H,24H2,1H3. The number of nitrogen functional groups attached to an aromatic ring is 1. The van der Waals surface area contributed by atoms with Crippen LogP contribution in [0.3, 0.4) is 0 Å². The summed E-state index contributed by atoms with van der Waals surface area (Å²) < 4.78 is 16.7. The highest BCUT2D eigenvalue weighted by molar-refractivity contribution is 5.79. The summed E-state index contributed by atoms with van der Waals surface area (Å²) in [4.78, 5) is 17.7. The Morgan fingerprint density at radius 3 is 2.69 bits per heavy atom. The third kappa shape index (κ3) is 2.97. The van der Waals surface area contributed by atoms with Crippen molar-refractivity contribution >= 4 is 27.9 Å². The number of imidazole rings is 1. The highest BCUT2D eigenvalue weighted by Gasteiger charge is 2.18. The minimum atomic E-state index is -0.319. The van der Waals surface area contributed by atoms with Gasteiger partial charge in [-0.2, -0.15) is 0 Å². The number of nitrogens with two attached hydrogens (primary N) is 1. The number of pyridine rings is 1. The minimum absolute atomic E-state index is 0.312. The Morgan fingerprint density at radius 1 is 1.03 bits per heavy atom. The molecule has 3 aromatic heterocycles. The van der Waals surface area contributed by atoms with Crippen LogP contribution in [0.15, 0.2) is 67.3 Å². The first kappa shape index (κ1) is 17.2. The maximum absolute atomic E-state index is 14.8. The summed E-state index contributed by atoms with van der Waals surface area (Å²) in [6, 6.07) is 14.2. The predicted molar refractivity (Wildman–Crippen MR) is 111 cm³/mol. The van der Waals surface area contributed by atoms with Crippen LogP contribution in [0, 0.1) is 5.82 Å². The Kier molecular flexibility index (Phi) is 3.94. The fourth-order valence-electron chi connectivity index (χ4n) is 3.47. The van der Waals surface area contributed by atoms with E-state index in [0.717, 1.165) is 10.9 Å². The van der Waals surface area contributed by atoms with E-state index >= 15 is 0 Å². The molecule has 7 heteroatoms. The zero-order chi connectivity index (χ0) is 20.0. The molecular weight excluding hydrogens is 367 g/mol. The molecule has 0 saturated heterocycles. The number of hydrogen-bond donors (Lipinski definition) is 1. The van der Waals surface area contributed by atoms with Gasteiger partial charge >= 0.3 is 0 Å². The largest absolute Gasteiger partial charge is 0.399 e. The van der Waals surface area contributed by atoms with Crippen LogP contribution in [0.4, 0.5) is 10.1 Å². The van der Waals surface area contributed by atoms with Crippen molar-refractivity contribution in [1.29, 1.82) is 0 Å². The number of aromatic nitrogens is 5. The Balaban J connectivity index is 1.62. The molecule has 0 saturated carbocycles. The number of nitrogens with zero attached hydrogens (tertiary/aromatic N) is 5. The molecule has 0 bridgehead atoms. The van der Waals surface area contributed by atoms with Gasteiger partial charge in [0.15, 0.2) is 11.3 Å². The van der Waals surface area contributed by atoms with E-state index < -0.39 is 0 Å². The van der Waals surface area contributed by atoms with Crippen molar-refractivity contribution in [2.45, 2.75) is 13.0 Å². The van der Waals surface area contributed by atoms with Gasteiger partial charge in [-0.25, -0.2) is 19.3 Å². The van der Waals surface area contributed by atoms with Crippen LogP contribution in [0.1, 0.15) is 18.5 Å². The van der Waals surface area contributed by atoms with Crippen molar-refractivity contribution in [1.82, 2.24) is 24.5 Å². The van der Waals surface area contributed by atoms with Gasteiger partial charge in [-0.1, -0.05) is 18.2 Å². The lowest BCUT2D eigenvalue weighted by Crippen LogP contribution is -2.09. The van der Waals surface area contributed by atoms with E-state index in [9.17, 15) is 4.39 Å². The number of anilines is 1. The molecule has 2 N–H and O–H groups in total. The maximum atomic E-state index is 14.8. The molecule has 0 amide bonds. The van der Waals surface area contributed by atoms with Crippen LogP contribution < -0.4 is 5.73 Å². The van der Waals surface area contributed by atoms with E-state index in [2.05, 4.69) is 15.0 Å². The predicted octanol–water partition coefficient (Wildman–Crippen LogP) is 4.37. The highest BCUT2D eigenvalue weighted by Crippen LogP contribution is 2.28. The molecule has 0 aliphatic rings. The molecule has 3 heterocycles. The number of hydrogen-bond acceptors (Lipinski definition) is 5. The van der Waals surface area contributed by atoms with Crippen molar-refractivity contribution in [3.05, 3.63) is 78.6 Å². The first-order valence-electron chi connectivity index (χ1n) is 9.20. The molecule has 0 fully saturated rings. The van der Waals surface area contributed by atoms with E-state index in [-0.39, 0.29) is 11.9 Å². The molecule has 0 aliphatic heterocycles. The monoisotopic (exact) mass is 384 g/mol. The third-order valence-corrected chi connectivity index (χ3v) is 5.08. The lowest BCUT2D eigenvalue weighted by atomic mass is 10.0. The second kappa shape index (κ2) is 6.63. The molecule has 1 unspecified atom stereocenters. The van der Waals surface area contributed by atoms with E-state index in [1.54, 1.807) is 18.7 Å². The normalized spacial score (nSPS) is 12.5. The Morgan fingerprint density at radius 2 is 1.86 bits per heavy atom. The van der Waals surface area contributed by atoms with Crippen LogP contribution in [-0.2, 0) is 0 Å². The van der Waals surface area contributed by atoms with Crippen LogP contribution in [-0.4, -0.2) is 24.5 Å². The molecule has 5 aromatic rings. The number of rotatable bonds is 3. The molecule has 1 atom stereocenters. The smallest absolute Gasteiger partial charge is 0.197 e. The summed E-state index contributed by atoms with van der Waals surface area (Å²) in [7, 11) is 0. The molecule has 29 heavy (non-hydrogen) atoms. The van der Waals surface area contributed by atoms with Crippen molar-refractivity contribution in [2.24, 2.45) is 0 Å². The highest BCUT2D eigenvalue weighted by atomic mass is 19.1. The molecule has 5 rings (SSSR count). The second-order valence-electron chi connectivity index (χ2n) is 6.92. The summed E-state index contributed by atoms with van der Waals surface area (Å²) in [5.74, 6) is -0.312. The van der Waals surface area contributed by atoms with Crippen molar-refractivity contribution in [3.8, 4) is 11.3 Å². The summed E-state index contributed by atoms with van der Waals surface area (Å²) in [5, 5.41) is 0.883. The van der Waals surface area contributed by atoms with Gasteiger partial charge in [0.05, 0.1) is 29.8 Å². The fraction of sp³-hybridized carbons (Fsp3) is 0.0909. The Bertz CT molecular complexity index is 1340. The molecular formula is C22H17FN6. The van der Waals surface area contributed by atoms with Gasteiger partial charge in [-0.15, -0.1) is 0 Å². The Labute approximate surface area is 165 Å². The van der Waals surface area contributed by atoms with Gasteiger partial charge < -0.3 is 10.3 Å². The topological polar surface area (TPSA) is 82.5 Å². The minimum Gasteiger partial charge on any atom is -0.399 e. The molecule has 2 aromatic carbocycles. The van der Waals surface area contributed by atoms with Gasteiger partial charge in [-0.3, -0.25) is 4.98 Å². The van der Waals surface area contributed by atoms with Crippen molar-refractivity contribution in [2.75, 3.05) is 5.73 Å². The molecule has 142 valence electrons. The molecule has 0 spiro atoms. The van der Waals surface area contributed by atoms with Gasteiger partial charge in [-0.05, 0) is 31.2 Å². The van der Waals surface area contributed by atoms with E-state index in [4.69, 9.17) is 10.7 Å². The zero-order valence-corrected chi connectivity index (χ0v) is 15.6. The van der Waals surface area contributed by atoms with E-state index in [1.165, 1.54) is 6.07 Å². The molecule has 6 nitrogen and oxygen atoms in total. The summed E-state index contributed by atoms with van der Waals surface area (Å²) in [5.41, 5.74) is 10.3. The van der Waals surface area contributed by atoms with Crippen molar-refractivity contribution < 1.29 is 4.39 Å². The summed E-state index contributed by atoms with van der Waals surface area (Å²) in [6.45, 7) is 1.92. The van der Waals surface area contributed by atoms with Crippen LogP contribution in [0.5, 0.6) is 0 Å². The van der Waals surface area contributed by atoms with E-state index in [0.29, 0.717) is 33.8 Å². The fourth-order valence-corrected chi connectivity index (χ4v) is 3.47.